The van der Waals surface area contributed by atoms with Gasteiger partial charge < -0.3 is 9.47 Å². The zero-order valence-electron chi connectivity index (χ0n) is 10.2. The number of halogens is 1. The molecule has 1 aliphatic heterocycles. The van der Waals surface area contributed by atoms with Crippen LogP contribution in [0, 0.1) is 0 Å². The fraction of sp³-hybridized carbons (Fsp3) is 0.357. The zero-order chi connectivity index (χ0) is 13.0. The molecule has 1 saturated heterocycles. The molecule has 1 aliphatic rings. The van der Waals surface area contributed by atoms with Crippen molar-refractivity contribution >= 4 is 21.9 Å². The lowest BCUT2D eigenvalue weighted by molar-refractivity contribution is -0.135. The SMILES string of the molecule is COC(=O)C=C1CCC(c2ccc(Br)cc2)OC1. The van der Waals surface area contributed by atoms with Crippen LogP contribution in [0.3, 0.4) is 0 Å². The lowest BCUT2D eigenvalue weighted by Crippen LogP contribution is -2.15. The molecule has 1 atom stereocenters. The Morgan fingerprint density at radius 2 is 2.17 bits per heavy atom. The zero-order valence-corrected chi connectivity index (χ0v) is 11.8. The summed E-state index contributed by atoms with van der Waals surface area (Å²) in [5, 5.41) is 0. The van der Waals surface area contributed by atoms with E-state index in [0.29, 0.717) is 6.61 Å². The molecule has 1 heterocycles. The first-order valence-corrected chi connectivity index (χ1v) is 6.63. The molecule has 1 fully saturated rings. The highest BCUT2D eigenvalue weighted by Crippen LogP contribution is 2.30. The molecule has 3 nitrogen and oxygen atoms in total. The van der Waals surface area contributed by atoms with Crippen molar-refractivity contribution in [2.45, 2.75) is 18.9 Å². The Morgan fingerprint density at radius 1 is 1.44 bits per heavy atom. The standard InChI is InChI=1S/C14H15BrO3/c1-17-14(16)8-10-2-7-13(18-9-10)11-3-5-12(15)6-4-11/h3-6,8,13H,2,7,9H2,1H3. The van der Waals surface area contributed by atoms with E-state index in [0.717, 1.165) is 22.9 Å². The molecule has 4 heteroatoms. The van der Waals surface area contributed by atoms with Crippen molar-refractivity contribution in [3.8, 4) is 0 Å². The summed E-state index contributed by atoms with van der Waals surface area (Å²) in [6, 6.07) is 8.14. The molecule has 0 amide bonds. The van der Waals surface area contributed by atoms with Crippen LogP contribution in [0.2, 0.25) is 0 Å². The van der Waals surface area contributed by atoms with Gasteiger partial charge in [-0.3, -0.25) is 0 Å². The maximum absolute atomic E-state index is 11.1. The monoisotopic (exact) mass is 310 g/mol. The van der Waals surface area contributed by atoms with Crippen LogP contribution < -0.4 is 0 Å². The van der Waals surface area contributed by atoms with E-state index < -0.39 is 0 Å². The molecule has 2 rings (SSSR count). The molecule has 0 saturated carbocycles. The van der Waals surface area contributed by atoms with Gasteiger partial charge in [0.2, 0.25) is 0 Å². The first kappa shape index (κ1) is 13.3. The Kier molecular flexibility index (Phi) is 4.55. The van der Waals surface area contributed by atoms with Gasteiger partial charge in [0, 0.05) is 10.5 Å². The number of rotatable bonds is 2. The molecule has 0 spiro atoms. The van der Waals surface area contributed by atoms with Gasteiger partial charge >= 0.3 is 5.97 Å². The van der Waals surface area contributed by atoms with Crippen LogP contribution in [-0.4, -0.2) is 19.7 Å². The van der Waals surface area contributed by atoms with Gasteiger partial charge in [-0.1, -0.05) is 28.1 Å². The van der Waals surface area contributed by atoms with E-state index in [1.807, 2.05) is 12.1 Å². The number of carbonyl (C=O) groups excluding carboxylic acids is 1. The van der Waals surface area contributed by atoms with E-state index in [9.17, 15) is 4.79 Å². The fourth-order valence-electron chi connectivity index (χ4n) is 1.96. The molecule has 0 N–H and O–H groups in total. The van der Waals surface area contributed by atoms with E-state index in [2.05, 4.69) is 32.8 Å². The normalized spacial score (nSPS) is 21.9. The number of benzene rings is 1. The fourth-order valence-corrected chi connectivity index (χ4v) is 2.22. The van der Waals surface area contributed by atoms with Gasteiger partial charge in [-0.25, -0.2) is 4.79 Å². The van der Waals surface area contributed by atoms with E-state index in [1.54, 1.807) is 0 Å². The largest absolute Gasteiger partial charge is 0.466 e. The van der Waals surface area contributed by atoms with Crippen LogP contribution in [0.5, 0.6) is 0 Å². The second-order valence-corrected chi connectivity index (χ2v) is 5.13. The smallest absolute Gasteiger partial charge is 0.330 e. The maximum Gasteiger partial charge on any atom is 0.330 e. The maximum atomic E-state index is 11.1. The summed E-state index contributed by atoms with van der Waals surface area (Å²) in [5.74, 6) is -0.310. The van der Waals surface area contributed by atoms with E-state index in [1.165, 1.54) is 18.7 Å². The number of hydrogen-bond acceptors (Lipinski definition) is 3. The summed E-state index contributed by atoms with van der Waals surface area (Å²) in [5.41, 5.74) is 2.17. The summed E-state index contributed by atoms with van der Waals surface area (Å²) < 4.78 is 11.4. The minimum absolute atomic E-state index is 0.118. The molecule has 1 aromatic rings. The third kappa shape index (κ3) is 3.43. The Hall–Kier alpha value is -1.13. The second-order valence-electron chi connectivity index (χ2n) is 4.22. The molecular formula is C14H15BrO3. The molecular weight excluding hydrogens is 296 g/mol. The topological polar surface area (TPSA) is 35.5 Å². The summed E-state index contributed by atoms with van der Waals surface area (Å²) in [6.07, 6.45) is 3.41. The predicted molar refractivity (Wildman–Crippen MR) is 72.2 cm³/mol. The predicted octanol–water partition coefficient (Wildman–Crippen LogP) is 3.40. The quantitative estimate of drug-likeness (QED) is 0.620. The average molecular weight is 311 g/mol. The number of methoxy groups -OCH3 is 1. The van der Waals surface area contributed by atoms with Gasteiger partial charge in [0.1, 0.15) is 0 Å². The summed E-state index contributed by atoms with van der Waals surface area (Å²) in [6.45, 7) is 0.496. The van der Waals surface area contributed by atoms with Crippen LogP contribution in [0.25, 0.3) is 0 Å². The van der Waals surface area contributed by atoms with Crippen LogP contribution in [0.15, 0.2) is 40.4 Å². The van der Waals surface area contributed by atoms with Gasteiger partial charge in [0.05, 0.1) is 19.8 Å². The lowest BCUT2D eigenvalue weighted by Gasteiger charge is -2.25. The first-order valence-electron chi connectivity index (χ1n) is 5.83. The number of ether oxygens (including phenoxy) is 2. The average Bonchev–Trinajstić information content (AvgIpc) is 2.40. The van der Waals surface area contributed by atoms with Gasteiger partial charge in [-0.05, 0) is 36.1 Å². The van der Waals surface area contributed by atoms with Crippen molar-refractivity contribution in [1.82, 2.24) is 0 Å². The highest BCUT2D eigenvalue weighted by Gasteiger charge is 2.19. The lowest BCUT2D eigenvalue weighted by atomic mass is 9.98. The van der Waals surface area contributed by atoms with Gasteiger partial charge in [-0.2, -0.15) is 0 Å². The van der Waals surface area contributed by atoms with Crippen LogP contribution in [0.1, 0.15) is 24.5 Å². The summed E-state index contributed by atoms with van der Waals surface area (Å²) in [4.78, 5) is 11.1. The van der Waals surface area contributed by atoms with Gasteiger partial charge in [0.15, 0.2) is 0 Å². The second kappa shape index (κ2) is 6.16. The highest BCUT2D eigenvalue weighted by atomic mass is 79.9. The van der Waals surface area contributed by atoms with Crippen molar-refractivity contribution in [1.29, 1.82) is 0 Å². The highest BCUT2D eigenvalue weighted by molar-refractivity contribution is 9.10. The first-order chi connectivity index (χ1) is 8.69. The number of esters is 1. The van der Waals surface area contributed by atoms with Crippen molar-refractivity contribution in [2.24, 2.45) is 0 Å². The third-order valence-electron chi connectivity index (χ3n) is 2.96. The Morgan fingerprint density at radius 3 is 2.72 bits per heavy atom. The van der Waals surface area contributed by atoms with Crippen molar-refractivity contribution in [3.05, 3.63) is 46.0 Å². The molecule has 0 aliphatic carbocycles. The third-order valence-corrected chi connectivity index (χ3v) is 3.49. The van der Waals surface area contributed by atoms with Gasteiger partial charge in [0.25, 0.3) is 0 Å². The van der Waals surface area contributed by atoms with Crippen LogP contribution in [-0.2, 0) is 14.3 Å². The number of carbonyl (C=O) groups is 1. The Bertz CT molecular complexity index is 441. The van der Waals surface area contributed by atoms with Crippen molar-refractivity contribution in [2.75, 3.05) is 13.7 Å². The van der Waals surface area contributed by atoms with Crippen molar-refractivity contribution in [3.63, 3.8) is 0 Å². The van der Waals surface area contributed by atoms with Gasteiger partial charge in [-0.15, -0.1) is 0 Å². The van der Waals surface area contributed by atoms with Crippen LogP contribution in [0.4, 0.5) is 0 Å². The molecule has 0 aromatic heterocycles. The minimum Gasteiger partial charge on any atom is -0.466 e. The molecule has 96 valence electrons. The molecule has 0 radical (unpaired) electrons. The molecule has 18 heavy (non-hydrogen) atoms. The van der Waals surface area contributed by atoms with Crippen molar-refractivity contribution < 1.29 is 14.3 Å². The Balaban J connectivity index is 1.96. The number of hydrogen-bond donors (Lipinski definition) is 0. The minimum atomic E-state index is -0.310. The van der Waals surface area contributed by atoms with E-state index >= 15 is 0 Å². The molecule has 1 unspecified atom stereocenters. The molecule has 0 bridgehead atoms. The van der Waals surface area contributed by atoms with E-state index in [-0.39, 0.29) is 12.1 Å². The van der Waals surface area contributed by atoms with E-state index in [4.69, 9.17) is 4.74 Å². The summed E-state index contributed by atoms with van der Waals surface area (Å²) in [7, 11) is 1.38. The van der Waals surface area contributed by atoms with Crippen LogP contribution >= 0.6 is 15.9 Å². The summed E-state index contributed by atoms with van der Waals surface area (Å²) >= 11 is 3.41. The Labute approximate surface area is 115 Å². The molecule has 1 aromatic carbocycles.